The number of methoxy groups -OCH3 is 2. The van der Waals surface area contributed by atoms with Crippen LogP contribution in [0.3, 0.4) is 0 Å². The van der Waals surface area contributed by atoms with Gasteiger partial charge < -0.3 is 0 Å². The van der Waals surface area contributed by atoms with Crippen molar-refractivity contribution in [3.63, 3.8) is 0 Å². The average Bonchev–Trinajstić information content (AvgIpc) is 2.56. The fraction of sp³-hybridized carbons (Fsp3) is 0.125. The molecule has 1 unspecified atom stereocenters. The number of hydrogen-bond acceptors (Lipinski definition) is 5. The van der Waals surface area contributed by atoms with Gasteiger partial charge in [0.15, 0.2) is 0 Å². The molecule has 0 bridgehead atoms. The molecule has 0 spiro atoms. The molecule has 3 rings (SSSR count). The van der Waals surface area contributed by atoms with Crippen LogP contribution in [-0.4, -0.2) is 45.0 Å². The van der Waals surface area contributed by atoms with Crippen molar-refractivity contribution in [1.29, 1.82) is 0 Å². The number of phenolic OH excluding ortho intramolecular Hbond substituents is 1. The number of hydrogen-bond donors (Lipinski definition) is 1. The third kappa shape index (κ3) is 2.85. The van der Waals surface area contributed by atoms with E-state index >= 15 is 0 Å². The van der Waals surface area contributed by atoms with E-state index in [1.807, 2.05) is 24.3 Å². The maximum absolute atomic E-state index is 9.38. The summed E-state index contributed by atoms with van der Waals surface area (Å²) in [6.45, 7) is 0. The molecule has 0 fully saturated rings. The molecule has 0 radical (unpaired) electrons. The molecule has 0 aliphatic heterocycles. The van der Waals surface area contributed by atoms with Crippen molar-refractivity contribution in [2.45, 2.75) is 0 Å². The Kier molecular flexibility index (Phi) is 4.16. The Bertz CT molecular complexity index is 806. The van der Waals surface area contributed by atoms with E-state index in [9.17, 15) is 5.11 Å². The Morgan fingerprint density at radius 1 is 0.955 bits per heavy atom. The van der Waals surface area contributed by atoms with E-state index in [-0.39, 0.29) is 5.75 Å². The van der Waals surface area contributed by atoms with E-state index < -0.39 is 15.8 Å². The number of aromatic nitrogens is 2. The van der Waals surface area contributed by atoms with Crippen molar-refractivity contribution in [2.24, 2.45) is 0 Å². The van der Waals surface area contributed by atoms with Gasteiger partial charge in [0, 0.05) is 0 Å². The number of ether oxygens (including phenoxy) is 2. The number of benzene rings is 2. The molecule has 0 saturated carbocycles. The van der Waals surface area contributed by atoms with E-state index in [0.717, 1.165) is 15.4 Å². The number of rotatable bonds is 4. The second-order valence-electron chi connectivity index (χ2n) is 4.62. The molecule has 1 aromatic heterocycles. The first-order valence-electron chi connectivity index (χ1n) is 6.64. The molecule has 22 heavy (non-hydrogen) atoms. The topological polar surface area (TPSA) is 64.5 Å². The minimum atomic E-state index is -0.631. The van der Waals surface area contributed by atoms with Gasteiger partial charge in [-0.25, -0.2) is 0 Å². The van der Waals surface area contributed by atoms with Gasteiger partial charge in [-0.2, -0.15) is 0 Å². The van der Waals surface area contributed by atoms with Gasteiger partial charge in [-0.3, -0.25) is 0 Å². The molecule has 0 amide bonds. The van der Waals surface area contributed by atoms with Gasteiger partial charge in [0.2, 0.25) is 0 Å². The van der Waals surface area contributed by atoms with Crippen LogP contribution in [0.2, 0.25) is 0 Å². The zero-order chi connectivity index (χ0) is 15.5. The Hall–Kier alpha value is -2.26. The van der Waals surface area contributed by atoms with Gasteiger partial charge in [0.1, 0.15) is 0 Å². The molecule has 5 nitrogen and oxygen atoms in total. The van der Waals surface area contributed by atoms with E-state index in [2.05, 4.69) is 9.97 Å². The van der Waals surface area contributed by atoms with Crippen LogP contribution in [-0.2, 0) is 0 Å². The molecule has 1 N–H and O–H groups in total. The number of phenols is 1. The van der Waals surface area contributed by atoms with Crippen molar-refractivity contribution in [2.75, 3.05) is 14.2 Å². The molecule has 0 aliphatic rings. The standard InChI is InChI=1S/C16H15AsN2O3/c1-21-14-7-12-13(8-15(14)22-2)18-9-19-16(12)17-10-3-5-11(20)6-4-10/h3-9,17,20H,1-2H3. The fourth-order valence-electron chi connectivity index (χ4n) is 2.16. The molecule has 1 atom stereocenters. The number of aromatic hydroxyl groups is 1. The van der Waals surface area contributed by atoms with Crippen molar-refractivity contribution in [3.8, 4) is 17.2 Å². The molecule has 0 aliphatic carbocycles. The van der Waals surface area contributed by atoms with Crippen molar-refractivity contribution < 1.29 is 14.6 Å². The quantitative estimate of drug-likeness (QED) is 0.697. The Morgan fingerprint density at radius 3 is 2.32 bits per heavy atom. The van der Waals surface area contributed by atoms with E-state index in [4.69, 9.17) is 9.47 Å². The summed E-state index contributed by atoms with van der Waals surface area (Å²) in [6.07, 6.45) is 1.58. The van der Waals surface area contributed by atoms with Crippen molar-refractivity contribution >= 4 is 35.5 Å². The van der Waals surface area contributed by atoms with Crippen LogP contribution < -0.4 is 18.3 Å². The summed E-state index contributed by atoms with van der Waals surface area (Å²) in [5.41, 5.74) is 0.838. The zero-order valence-electron chi connectivity index (χ0n) is 12.2. The first kappa shape index (κ1) is 14.7. The third-order valence-electron chi connectivity index (χ3n) is 3.27. The van der Waals surface area contributed by atoms with Gasteiger partial charge in [-0.15, -0.1) is 0 Å². The summed E-state index contributed by atoms with van der Waals surface area (Å²) in [7, 11) is 3.22. The van der Waals surface area contributed by atoms with Crippen LogP contribution in [0.4, 0.5) is 0 Å². The summed E-state index contributed by atoms with van der Waals surface area (Å²) in [5.74, 6) is 1.60. The Morgan fingerprint density at radius 2 is 1.64 bits per heavy atom. The van der Waals surface area contributed by atoms with Crippen LogP contribution >= 0.6 is 0 Å². The van der Waals surface area contributed by atoms with Crippen LogP contribution in [0.1, 0.15) is 0 Å². The molecule has 1 heterocycles. The molecule has 3 aromatic rings. The zero-order valence-corrected chi connectivity index (χ0v) is 14.3. The molecular weight excluding hydrogens is 343 g/mol. The normalized spacial score (nSPS) is 11.2. The summed E-state index contributed by atoms with van der Waals surface area (Å²) in [4.78, 5) is 8.76. The van der Waals surface area contributed by atoms with E-state index in [0.29, 0.717) is 11.5 Å². The van der Waals surface area contributed by atoms with Crippen LogP contribution in [0.5, 0.6) is 17.2 Å². The van der Waals surface area contributed by atoms with E-state index in [1.165, 1.54) is 4.35 Å². The number of nitrogens with zero attached hydrogens (tertiary/aromatic N) is 2. The first-order chi connectivity index (χ1) is 10.7. The Balaban J connectivity index is 2.07. The van der Waals surface area contributed by atoms with E-state index in [1.54, 1.807) is 32.7 Å². The van der Waals surface area contributed by atoms with Crippen molar-refractivity contribution in [3.05, 3.63) is 42.7 Å². The monoisotopic (exact) mass is 358 g/mol. The minimum absolute atomic E-state index is 0.273. The van der Waals surface area contributed by atoms with Crippen molar-refractivity contribution in [1.82, 2.24) is 9.97 Å². The van der Waals surface area contributed by atoms with Gasteiger partial charge in [-0.05, 0) is 0 Å². The summed E-state index contributed by atoms with van der Waals surface area (Å²) in [5, 5.41) is 10.4. The summed E-state index contributed by atoms with van der Waals surface area (Å²) >= 11 is -0.631. The second kappa shape index (κ2) is 6.24. The predicted octanol–water partition coefficient (Wildman–Crippen LogP) is 0.740. The molecule has 2 aromatic carbocycles. The van der Waals surface area contributed by atoms with Gasteiger partial charge >= 0.3 is 134 Å². The van der Waals surface area contributed by atoms with Crippen LogP contribution in [0.25, 0.3) is 10.9 Å². The predicted molar refractivity (Wildman–Crippen MR) is 87.2 cm³/mol. The van der Waals surface area contributed by atoms with Gasteiger partial charge in [0.05, 0.1) is 0 Å². The summed E-state index contributed by atoms with van der Waals surface area (Å²) < 4.78 is 12.9. The molecular formula is C16H15AsN2O3. The average molecular weight is 358 g/mol. The SMILES string of the molecule is COc1cc2ncnc([AsH]c3ccc(O)cc3)c2cc1OC. The molecule has 6 heteroatoms. The molecule has 0 saturated heterocycles. The second-order valence-corrected chi connectivity index (χ2v) is 7.35. The Labute approximate surface area is 134 Å². The maximum atomic E-state index is 9.38. The molecule has 112 valence electrons. The van der Waals surface area contributed by atoms with Gasteiger partial charge in [-0.1, -0.05) is 0 Å². The third-order valence-corrected chi connectivity index (χ3v) is 5.91. The van der Waals surface area contributed by atoms with Crippen LogP contribution in [0, 0.1) is 0 Å². The van der Waals surface area contributed by atoms with Crippen LogP contribution in [0.15, 0.2) is 42.7 Å². The fourth-order valence-corrected chi connectivity index (χ4v) is 4.40. The van der Waals surface area contributed by atoms with Gasteiger partial charge in [0.25, 0.3) is 0 Å². The first-order valence-corrected chi connectivity index (χ1v) is 8.74. The number of fused-ring (bicyclic) bond motifs is 1. The summed E-state index contributed by atoms with van der Waals surface area (Å²) in [6, 6.07) is 11.1.